The minimum absolute atomic E-state index is 0.307. The summed E-state index contributed by atoms with van der Waals surface area (Å²) in [6, 6.07) is 6.55. The van der Waals surface area contributed by atoms with Gasteiger partial charge in [0.15, 0.2) is 5.89 Å². The second kappa shape index (κ2) is 5.55. The number of carbonyl (C=O) groups is 1. The molecule has 0 aliphatic heterocycles. The lowest BCUT2D eigenvalue weighted by atomic mass is 10.3. The third-order valence-electron chi connectivity index (χ3n) is 2.20. The maximum atomic E-state index is 11.6. The SMILES string of the molecule is Cc1nc(CNC(=O)Nc2ccc(Cl)cc2)co1. The van der Waals surface area contributed by atoms with Crippen molar-refractivity contribution in [2.75, 3.05) is 5.32 Å². The summed E-state index contributed by atoms with van der Waals surface area (Å²) in [4.78, 5) is 15.6. The van der Waals surface area contributed by atoms with E-state index in [2.05, 4.69) is 15.6 Å². The number of anilines is 1. The molecule has 0 saturated carbocycles. The van der Waals surface area contributed by atoms with Crippen LogP contribution in [0.2, 0.25) is 5.02 Å². The number of oxazole rings is 1. The van der Waals surface area contributed by atoms with E-state index in [4.69, 9.17) is 16.0 Å². The van der Waals surface area contributed by atoms with Crippen molar-refractivity contribution in [3.63, 3.8) is 0 Å². The number of benzene rings is 1. The molecule has 0 saturated heterocycles. The number of aromatic nitrogens is 1. The van der Waals surface area contributed by atoms with Gasteiger partial charge < -0.3 is 15.1 Å². The van der Waals surface area contributed by atoms with Gasteiger partial charge in [-0.1, -0.05) is 11.6 Å². The van der Waals surface area contributed by atoms with E-state index in [0.29, 0.717) is 28.8 Å². The van der Waals surface area contributed by atoms with Gasteiger partial charge in [0, 0.05) is 17.6 Å². The summed E-state index contributed by atoms with van der Waals surface area (Å²) in [7, 11) is 0. The Hall–Kier alpha value is -2.01. The number of carbonyl (C=O) groups excluding carboxylic acids is 1. The summed E-state index contributed by atoms with van der Waals surface area (Å²) in [6.07, 6.45) is 1.51. The van der Waals surface area contributed by atoms with Gasteiger partial charge in [-0.2, -0.15) is 0 Å². The van der Waals surface area contributed by atoms with Crippen molar-refractivity contribution in [2.45, 2.75) is 13.5 Å². The third-order valence-corrected chi connectivity index (χ3v) is 2.45. The first-order chi connectivity index (χ1) is 8.63. The molecule has 0 unspecified atom stereocenters. The lowest BCUT2D eigenvalue weighted by molar-refractivity contribution is 0.251. The van der Waals surface area contributed by atoms with Gasteiger partial charge in [0.05, 0.1) is 12.2 Å². The largest absolute Gasteiger partial charge is 0.449 e. The molecule has 1 aromatic heterocycles. The van der Waals surface area contributed by atoms with Crippen molar-refractivity contribution in [3.05, 3.63) is 47.1 Å². The summed E-state index contributed by atoms with van der Waals surface area (Å²) in [6.45, 7) is 2.06. The van der Waals surface area contributed by atoms with Gasteiger partial charge in [-0.15, -0.1) is 0 Å². The molecule has 94 valence electrons. The zero-order chi connectivity index (χ0) is 13.0. The molecule has 6 heteroatoms. The Balaban J connectivity index is 1.83. The fourth-order valence-corrected chi connectivity index (χ4v) is 1.49. The number of urea groups is 1. The van der Waals surface area contributed by atoms with Gasteiger partial charge in [0.25, 0.3) is 0 Å². The van der Waals surface area contributed by atoms with E-state index in [9.17, 15) is 4.79 Å². The van der Waals surface area contributed by atoms with Crippen LogP contribution >= 0.6 is 11.6 Å². The first-order valence-electron chi connectivity index (χ1n) is 5.35. The number of aryl methyl sites for hydroxylation is 1. The van der Waals surface area contributed by atoms with Crippen molar-refractivity contribution in [2.24, 2.45) is 0 Å². The van der Waals surface area contributed by atoms with E-state index >= 15 is 0 Å². The van der Waals surface area contributed by atoms with Crippen LogP contribution in [0.4, 0.5) is 10.5 Å². The molecule has 0 aliphatic rings. The molecule has 0 aliphatic carbocycles. The summed E-state index contributed by atoms with van der Waals surface area (Å²) >= 11 is 5.74. The minimum atomic E-state index is -0.307. The molecule has 0 fully saturated rings. The monoisotopic (exact) mass is 265 g/mol. The molecule has 2 aromatic rings. The second-order valence-corrected chi connectivity index (χ2v) is 4.11. The Morgan fingerprint density at radius 3 is 2.72 bits per heavy atom. The molecule has 5 nitrogen and oxygen atoms in total. The molecule has 0 radical (unpaired) electrons. The number of halogens is 1. The average Bonchev–Trinajstić information content (AvgIpc) is 2.76. The smallest absolute Gasteiger partial charge is 0.319 e. The number of hydrogen-bond acceptors (Lipinski definition) is 3. The van der Waals surface area contributed by atoms with Crippen molar-refractivity contribution < 1.29 is 9.21 Å². The molecular weight excluding hydrogens is 254 g/mol. The van der Waals surface area contributed by atoms with Gasteiger partial charge in [0.2, 0.25) is 0 Å². The molecule has 2 N–H and O–H groups in total. The highest BCUT2D eigenvalue weighted by molar-refractivity contribution is 6.30. The second-order valence-electron chi connectivity index (χ2n) is 3.67. The normalized spacial score (nSPS) is 10.1. The Bertz CT molecular complexity index is 537. The summed E-state index contributed by atoms with van der Waals surface area (Å²) in [5.74, 6) is 0.574. The highest BCUT2D eigenvalue weighted by Gasteiger charge is 2.04. The van der Waals surface area contributed by atoms with Gasteiger partial charge in [0.1, 0.15) is 6.26 Å². The van der Waals surface area contributed by atoms with Crippen LogP contribution < -0.4 is 10.6 Å². The molecule has 0 atom stereocenters. The van der Waals surface area contributed by atoms with Crippen LogP contribution in [-0.4, -0.2) is 11.0 Å². The molecule has 0 spiro atoms. The zero-order valence-corrected chi connectivity index (χ0v) is 10.5. The fourth-order valence-electron chi connectivity index (χ4n) is 1.37. The minimum Gasteiger partial charge on any atom is -0.449 e. The Labute approximate surface area is 109 Å². The molecule has 2 amide bonds. The van der Waals surface area contributed by atoms with Crippen LogP contribution in [0, 0.1) is 6.92 Å². The van der Waals surface area contributed by atoms with E-state index in [1.165, 1.54) is 6.26 Å². The van der Waals surface area contributed by atoms with Crippen LogP contribution in [0.3, 0.4) is 0 Å². The maximum Gasteiger partial charge on any atom is 0.319 e. The number of rotatable bonds is 3. The quantitative estimate of drug-likeness (QED) is 0.897. The predicted molar refractivity (Wildman–Crippen MR) is 68.6 cm³/mol. The number of nitrogens with one attached hydrogen (secondary N) is 2. The maximum absolute atomic E-state index is 11.6. The van der Waals surface area contributed by atoms with Crippen LogP contribution in [-0.2, 0) is 6.54 Å². The third kappa shape index (κ3) is 3.49. The lowest BCUT2D eigenvalue weighted by Gasteiger charge is -2.06. The summed E-state index contributed by atoms with van der Waals surface area (Å²) in [5, 5.41) is 5.97. The molecule has 18 heavy (non-hydrogen) atoms. The van der Waals surface area contributed by atoms with E-state index in [1.54, 1.807) is 31.2 Å². The lowest BCUT2D eigenvalue weighted by Crippen LogP contribution is -2.28. The van der Waals surface area contributed by atoms with E-state index in [0.717, 1.165) is 0 Å². The van der Waals surface area contributed by atoms with Crippen molar-refractivity contribution >= 4 is 23.3 Å². The molecular formula is C12H12ClN3O2. The summed E-state index contributed by atoms with van der Waals surface area (Å²) in [5.41, 5.74) is 1.35. The first-order valence-corrected chi connectivity index (χ1v) is 5.73. The van der Waals surface area contributed by atoms with Gasteiger partial charge in [-0.3, -0.25) is 0 Å². The van der Waals surface area contributed by atoms with E-state index in [-0.39, 0.29) is 6.03 Å². The van der Waals surface area contributed by atoms with Crippen molar-refractivity contribution in [3.8, 4) is 0 Å². The first kappa shape index (κ1) is 12.4. The Morgan fingerprint density at radius 1 is 1.39 bits per heavy atom. The van der Waals surface area contributed by atoms with Crippen molar-refractivity contribution in [1.29, 1.82) is 0 Å². The molecule has 0 bridgehead atoms. The molecule has 2 rings (SSSR count). The number of hydrogen-bond donors (Lipinski definition) is 2. The Morgan fingerprint density at radius 2 is 2.11 bits per heavy atom. The molecule has 1 aromatic carbocycles. The summed E-state index contributed by atoms with van der Waals surface area (Å²) < 4.78 is 5.03. The number of nitrogens with zero attached hydrogens (tertiary/aromatic N) is 1. The van der Waals surface area contributed by atoms with E-state index < -0.39 is 0 Å². The van der Waals surface area contributed by atoms with Crippen LogP contribution in [0.5, 0.6) is 0 Å². The standard InChI is InChI=1S/C12H12ClN3O2/c1-8-15-11(7-18-8)6-14-12(17)16-10-4-2-9(13)3-5-10/h2-5,7H,6H2,1H3,(H2,14,16,17). The topological polar surface area (TPSA) is 67.2 Å². The van der Waals surface area contributed by atoms with Gasteiger partial charge >= 0.3 is 6.03 Å². The molecule has 1 heterocycles. The number of amides is 2. The zero-order valence-electron chi connectivity index (χ0n) is 9.74. The average molecular weight is 266 g/mol. The van der Waals surface area contributed by atoms with Crippen LogP contribution in [0.15, 0.2) is 34.9 Å². The van der Waals surface area contributed by atoms with E-state index in [1.807, 2.05) is 0 Å². The van der Waals surface area contributed by atoms with Crippen LogP contribution in [0.25, 0.3) is 0 Å². The van der Waals surface area contributed by atoms with Crippen LogP contribution in [0.1, 0.15) is 11.6 Å². The predicted octanol–water partition coefficient (Wildman–Crippen LogP) is 2.96. The fraction of sp³-hybridized carbons (Fsp3) is 0.167. The Kier molecular flexibility index (Phi) is 3.84. The highest BCUT2D eigenvalue weighted by Crippen LogP contribution is 2.13. The van der Waals surface area contributed by atoms with Gasteiger partial charge in [-0.05, 0) is 24.3 Å². The highest BCUT2D eigenvalue weighted by atomic mass is 35.5. The van der Waals surface area contributed by atoms with Gasteiger partial charge in [-0.25, -0.2) is 9.78 Å². The van der Waals surface area contributed by atoms with Crippen molar-refractivity contribution in [1.82, 2.24) is 10.3 Å².